The van der Waals surface area contributed by atoms with Gasteiger partial charge in [-0.25, -0.2) is 0 Å². The van der Waals surface area contributed by atoms with Gasteiger partial charge in [-0.2, -0.15) is 0 Å². The fraction of sp³-hybridized carbons (Fsp3) is 0.158. The van der Waals surface area contributed by atoms with E-state index in [-0.39, 0.29) is 5.78 Å². The lowest BCUT2D eigenvalue weighted by molar-refractivity contribution is 0.101. The molecule has 1 heterocycles. The number of aromatic nitrogens is 1. The summed E-state index contributed by atoms with van der Waals surface area (Å²) in [6.07, 6.45) is 3.61. The van der Waals surface area contributed by atoms with Gasteiger partial charge in [0.15, 0.2) is 17.3 Å². The minimum atomic E-state index is -0.00186. The van der Waals surface area contributed by atoms with E-state index in [1.54, 1.807) is 31.5 Å². The zero-order valence-corrected chi connectivity index (χ0v) is 13.1. The predicted molar refractivity (Wildman–Crippen MR) is 89.1 cm³/mol. The van der Waals surface area contributed by atoms with Gasteiger partial charge in [0.2, 0.25) is 0 Å². The quantitative estimate of drug-likeness (QED) is 0.668. The molecule has 0 radical (unpaired) electrons. The second-order valence-electron chi connectivity index (χ2n) is 5.27. The van der Waals surface area contributed by atoms with Gasteiger partial charge in [0.25, 0.3) is 0 Å². The first-order chi connectivity index (χ1) is 11.2. The van der Waals surface area contributed by atoms with Crippen molar-refractivity contribution in [1.29, 1.82) is 0 Å². The third-order valence-corrected chi connectivity index (χ3v) is 3.67. The molecule has 0 saturated heterocycles. The first-order valence-corrected chi connectivity index (χ1v) is 7.32. The monoisotopic (exact) mass is 307 g/mol. The molecule has 0 N–H and O–H groups in total. The summed E-state index contributed by atoms with van der Waals surface area (Å²) in [7, 11) is 1.56. The minimum Gasteiger partial charge on any atom is -0.493 e. The summed E-state index contributed by atoms with van der Waals surface area (Å²) in [4.78, 5) is 15.5. The van der Waals surface area contributed by atoms with Crippen molar-refractivity contribution in [1.82, 2.24) is 4.98 Å². The number of methoxy groups -OCH3 is 1. The van der Waals surface area contributed by atoms with Gasteiger partial charge in [-0.05, 0) is 48.2 Å². The number of carbonyl (C=O) groups is 1. The number of ketones is 1. The highest BCUT2D eigenvalue weighted by Crippen LogP contribution is 2.29. The fourth-order valence-corrected chi connectivity index (χ4v) is 2.39. The molecule has 0 unspecified atom stereocenters. The normalized spacial score (nSPS) is 10.5. The minimum absolute atomic E-state index is 0.00186. The Morgan fingerprint density at radius 1 is 1.04 bits per heavy atom. The SMILES string of the molecule is COc1cc(C(C)=O)ccc1OCc1ccc2cnccc2c1. The maximum absolute atomic E-state index is 11.4. The van der Waals surface area contributed by atoms with E-state index in [1.165, 1.54) is 6.92 Å². The Morgan fingerprint density at radius 3 is 2.70 bits per heavy atom. The molecule has 0 saturated carbocycles. The molecule has 0 aliphatic rings. The largest absolute Gasteiger partial charge is 0.493 e. The van der Waals surface area contributed by atoms with Crippen molar-refractivity contribution in [3.63, 3.8) is 0 Å². The third kappa shape index (κ3) is 3.31. The number of fused-ring (bicyclic) bond motifs is 1. The van der Waals surface area contributed by atoms with E-state index < -0.39 is 0 Å². The molecule has 0 aliphatic heterocycles. The number of pyridine rings is 1. The Hall–Kier alpha value is -2.88. The van der Waals surface area contributed by atoms with Crippen molar-refractivity contribution in [2.75, 3.05) is 7.11 Å². The van der Waals surface area contributed by atoms with Crippen molar-refractivity contribution in [2.45, 2.75) is 13.5 Å². The van der Waals surface area contributed by atoms with Crippen LogP contribution in [0, 0.1) is 0 Å². The maximum atomic E-state index is 11.4. The number of carbonyl (C=O) groups excluding carboxylic acids is 1. The number of hydrogen-bond acceptors (Lipinski definition) is 4. The smallest absolute Gasteiger partial charge is 0.161 e. The average Bonchev–Trinajstić information content (AvgIpc) is 2.59. The second-order valence-corrected chi connectivity index (χ2v) is 5.27. The molecule has 0 atom stereocenters. The van der Waals surface area contributed by atoms with Crippen LogP contribution in [0.1, 0.15) is 22.8 Å². The first kappa shape index (κ1) is 15.0. The Morgan fingerprint density at radius 2 is 1.91 bits per heavy atom. The molecular formula is C19H17NO3. The van der Waals surface area contributed by atoms with Crippen molar-refractivity contribution in [3.8, 4) is 11.5 Å². The summed E-state index contributed by atoms with van der Waals surface area (Å²) in [5, 5.41) is 2.22. The van der Waals surface area contributed by atoms with Gasteiger partial charge in [0.05, 0.1) is 7.11 Å². The van der Waals surface area contributed by atoms with Crippen LogP contribution < -0.4 is 9.47 Å². The molecule has 0 aliphatic carbocycles. The number of hydrogen-bond donors (Lipinski definition) is 0. The predicted octanol–water partition coefficient (Wildman–Crippen LogP) is 4.03. The summed E-state index contributed by atoms with van der Waals surface area (Å²) < 4.78 is 11.2. The van der Waals surface area contributed by atoms with E-state index in [9.17, 15) is 4.79 Å². The van der Waals surface area contributed by atoms with Gasteiger partial charge >= 0.3 is 0 Å². The molecule has 1 aromatic heterocycles. The lowest BCUT2D eigenvalue weighted by Crippen LogP contribution is -2.00. The number of Topliss-reactive ketones (excluding diaryl/α,β-unsaturated/α-hetero) is 1. The molecule has 0 fully saturated rings. The van der Waals surface area contributed by atoms with E-state index in [2.05, 4.69) is 11.1 Å². The molecule has 2 aromatic carbocycles. The topological polar surface area (TPSA) is 48.4 Å². The Labute approximate surface area is 134 Å². The van der Waals surface area contributed by atoms with E-state index in [0.717, 1.165) is 16.3 Å². The zero-order valence-electron chi connectivity index (χ0n) is 13.1. The van der Waals surface area contributed by atoms with Crippen molar-refractivity contribution < 1.29 is 14.3 Å². The van der Waals surface area contributed by atoms with Crippen LogP contribution in [-0.2, 0) is 6.61 Å². The van der Waals surface area contributed by atoms with Crippen LogP contribution in [0.4, 0.5) is 0 Å². The molecule has 0 bridgehead atoms. The van der Waals surface area contributed by atoms with Gasteiger partial charge in [0, 0.05) is 23.3 Å². The lowest BCUT2D eigenvalue weighted by Gasteiger charge is -2.12. The van der Waals surface area contributed by atoms with E-state index >= 15 is 0 Å². The molecule has 0 amide bonds. The van der Waals surface area contributed by atoms with Crippen LogP contribution in [-0.4, -0.2) is 17.9 Å². The van der Waals surface area contributed by atoms with Crippen LogP contribution >= 0.6 is 0 Å². The highest BCUT2D eigenvalue weighted by Gasteiger charge is 2.08. The summed E-state index contributed by atoms with van der Waals surface area (Å²) in [6, 6.07) is 13.3. The van der Waals surface area contributed by atoms with Crippen LogP contribution in [0.5, 0.6) is 11.5 Å². The summed E-state index contributed by atoms with van der Waals surface area (Å²) >= 11 is 0. The Balaban J connectivity index is 1.80. The van der Waals surface area contributed by atoms with Gasteiger partial charge in [0.1, 0.15) is 6.61 Å². The average molecular weight is 307 g/mol. The van der Waals surface area contributed by atoms with E-state index in [0.29, 0.717) is 23.7 Å². The number of rotatable bonds is 5. The highest BCUT2D eigenvalue weighted by molar-refractivity contribution is 5.94. The molecular weight excluding hydrogens is 290 g/mol. The molecule has 3 rings (SSSR count). The first-order valence-electron chi connectivity index (χ1n) is 7.32. The number of nitrogens with zero attached hydrogens (tertiary/aromatic N) is 1. The van der Waals surface area contributed by atoms with Crippen molar-refractivity contribution in [2.24, 2.45) is 0 Å². The summed E-state index contributed by atoms with van der Waals surface area (Å²) in [5.74, 6) is 1.17. The molecule has 23 heavy (non-hydrogen) atoms. The van der Waals surface area contributed by atoms with Crippen molar-refractivity contribution >= 4 is 16.6 Å². The third-order valence-electron chi connectivity index (χ3n) is 3.67. The van der Waals surface area contributed by atoms with Gasteiger partial charge < -0.3 is 9.47 Å². The summed E-state index contributed by atoms with van der Waals surface area (Å²) in [6.45, 7) is 1.95. The Kier molecular flexibility index (Phi) is 4.24. The van der Waals surface area contributed by atoms with Crippen LogP contribution in [0.3, 0.4) is 0 Å². The molecule has 116 valence electrons. The van der Waals surface area contributed by atoms with Gasteiger partial charge in [-0.1, -0.05) is 12.1 Å². The standard InChI is InChI=1S/C19H17NO3/c1-13(21)15-5-6-18(19(10-15)22-2)23-12-14-3-4-17-11-20-8-7-16(17)9-14/h3-11H,12H2,1-2H3. The van der Waals surface area contributed by atoms with Crippen LogP contribution in [0.15, 0.2) is 54.9 Å². The fourth-order valence-electron chi connectivity index (χ4n) is 2.39. The Bertz CT molecular complexity index is 858. The van der Waals surface area contributed by atoms with Crippen LogP contribution in [0.2, 0.25) is 0 Å². The second kappa shape index (κ2) is 6.48. The summed E-state index contributed by atoms with van der Waals surface area (Å²) in [5.41, 5.74) is 1.66. The molecule has 4 nitrogen and oxygen atoms in total. The number of ether oxygens (including phenoxy) is 2. The van der Waals surface area contributed by atoms with E-state index in [1.807, 2.05) is 24.4 Å². The molecule has 4 heteroatoms. The van der Waals surface area contributed by atoms with Crippen molar-refractivity contribution in [3.05, 3.63) is 66.0 Å². The maximum Gasteiger partial charge on any atom is 0.161 e. The molecule has 0 spiro atoms. The molecule has 3 aromatic rings. The van der Waals surface area contributed by atoms with E-state index in [4.69, 9.17) is 9.47 Å². The highest BCUT2D eigenvalue weighted by atomic mass is 16.5. The zero-order chi connectivity index (χ0) is 16.2. The lowest BCUT2D eigenvalue weighted by atomic mass is 10.1. The van der Waals surface area contributed by atoms with Gasteiger partial charge in [-0.3, -0.25) is 9.78 Å². The van der Waals surface area contributed by atoms with Gasteiger partial charge in [-0.15, -0.1) is 0 Å². The van der Waals surface area contributed by atoms with Crippen LogP contribution in [0.25, 0.3) is 10.8 Å². The number of benzene rings is 2.